The number of benzene rings is 1. The predicted molar refractivity (Wildman–Crippen MR) is 84.9 cm³/mol. The van der Waals surface area contributed by atoms with Crippen LogP contribution in [0.15, 0.2) is 24.3 Å². The predicted octanol–water partition coefficient (Wildman–Crippen LogP) is 2.35. The average Bonchev–Trinajstić information content (AvgIpc) is 3.12. The van der Waals surface area contributed by atoms with Crippen LogP contribution in [0.2, 0.25) is 0 Å². The zero-order valence-corrected chi connectivity index (χ0v) is 12.6. The van der Waals surface area contributed by atoms with Gasteiger partial charge < -0.3 is 11.1 Å². The molecule has 1 saturated carbocycles. The Kier molecular flexibility index (Phi) is 4.56. The maximum atomic E-state index is 12.1. The number of likely N-dealkylation sites (tertiary alicyclic amines) is 1. The van der Waals surface area contributed by atoms with Gasteiger partial charge in [0.25, 0.3) is 0 Å². The Labute approximate surface area is 126 Å². The van der Waals surface area contributed by atoms with E-state index >= 15 is 0 Å². The minimum Gasteiger partial charge on any atom is -0.328 e. The Bertz CT molecular complexity index is 479. The molecule has 1 aliphatic heterocycles. The van der Waals surface area contributed by atoms with Crippen LogP contribution in [0.1, 0.15) is 37.7 Å². The van der Waals surface area contributed by atoms with Crippen LogP contribution >= 0.6 is 0 Å². The topological polar surface area (TPSA) is 58.4 Å². The van der Waals surface area contributed by atoms with Crippen LogP contribution < -0.4 is 11.1 Å². The van der Waals surface area contributed by atoms with Gasteiger partial charge in [-0.1, -0.05) is 12.1 Å². The van der Waals surface area contributed by atoms with E-state index in [1.165, 1.54) is 31.5 Å². The molecule has 3 N–H and O–H groups in total. The molecule has 4 heteroatoms. The Balaban J connectivity index is 1.53. The van der Waals surface area contributed by atoms with Gasteiger partial charge in [0.1, 0.15) is 0 Å². The summed E-state index contributed by atoms with van der Waals surface area (Å²) in [6.07, 6.45) is 5.33. The maximum Gasteiger partial charge on any atom is 0.227 e. The van der Waals surface area contributed by atoms with E-state index in [-0.39, 0.29) is 17.9 Å². The van der Waals surface area contributed by atoms with Crippen LogP contribution in [0, 0.1) is 5.92 Å². The van der Waals surface area contributed by atoms with Gasteiger partial charge in [0.15, 0.2) is 0 Å². The third-order valence-corrected chi connectivity index (χ3v) is 4.67. The molecule has 0 aromatic heterocycles. The second-order valence-corrected chi connectivity index (χ2v) is 6.44. The van der Waals surface area contributed by atoms with Crippen molar-refractivity contribution in [1.82, 2.24) is 4.90 Å². The summed E-state index contributed by atoms with van der Waals surface area (Å²) in [7, 11) is 0. The molecule has 1 aliphatic carbocycles. The first-order valence-corrected chi connectivity index (χ1v) is 8.08. The molecule has 2 atom stereocenters. The number of amides is 1. The molecule has 21 heavy (non-hydrogen) atoms. The molecule has 2 unspecified atom stereocenters. The summed E-state index contributed by atoms with van der Waals surface area (Å²) in [4.78, 5) is 14.6. The molecule has 1 aromatic rings. The monoisotopic (exact) mass is 287 g/mol. The molecule has 0 spiro atoms. The van der Waals surface area contributed by atoms with E-state index in [4.69, 9.17) is 5.73 Å². The van der Waals surface area contributed by atoms with Crippen LogP contribution in [0.25, 0.3) is 0 Å². The van der Waals surface area contributed by atoms with Crippen LogP contribution in [0.5, 0.6) is 0 Å². The quantitative estimate of drug-likeness (QED) is 0.893. The molecule has 0 bridgehead atoms. The highest BCUT2D eigenvalue weighted by atomic mass is 16.1. The maximum absolute atomic E-state index is 12.1. The number of nitrogens with two attached hydrogens (primary N) is 1. The molecular formula is C17H25N3O. The molecule has 4 nitrogen and oxygen atoms in total. The Morgan fingerprint density at radius 3 is 2.52 bits per heavy atom. The number of hydrogen-bond acceptors (Lipinski definition) is 3. The molecule has 1 amide bonds. The minimum atomic E-state index is 0.0873. The summed E-state index contributed by atoms with van der Waals surface area (Å²) in [5.41, 5.74) is 8.08. The first-order valence-electron chi connectivity index (χ1n) is 8.08. The zero-order valence-electron chi connectivity index (χ0n) is 12.6. The van der Waals surface area contributed by atoms with Crippen molar-refractivity contribution in [3.63, 3.8) is 0 Å². The molecular weight excluding hydrogens is 262 g/mol. The summed E-state index contributed by atoms with van der Waals surface area (Å²) in [6, 6.07) is 8.46. The number of nitrogens with zero attached hydrogens (tertiary/aromatic N) is 1. The van der Waals surface area contributed by atoms with Crippen molar-refractivity contribution in [3.05, 3.63) is 29.8 Å². The second-order valence-electron chi connectivity index (χ2n) is 6.44. The second kappa shape index (κ2) is 6.58. The van der Waals surface area contributed by atoms with Crippen LogP contribution in [0.3, 0.4) is 0 Å². The first kappa shape index (κ1) is 14.5. The van der Waals surface area contributed by atoms with Gasteiger partial charge in [-0.25, -0.2) is 0 Å². The first-order chi connectivity index (χ1) is 10.2. The molecule has 3 rings (SSSR count). The Morgan fingerprint density at radius 1 is 1.19 bits per heavy atom. The summed E-state index contributed by atoms with van der Waals surface area (Å²) >= 11 is 0. The summed E-state index contributed by atoms with van der Waals surface area (Å²) < 4.78 is 0. The van der Waals surface area contributed by atoms with E-state index in [0.29, 0.717) is 0 Å². The van der Waals surface area contributed by atoms with Gasteiger partial charge in [-0.05, 0) is 62.9 Å². The fourth-order valence-corrected chi connectivity index (χ4v) is 3.39. The molecule has 1 saturated heterocycles. The number of nitrogens with one attached hydrogen (secondary N) is 1. The molecule has 1 heterocycles. The smallest absolute Gasteiger partial charge is 0.227 e. The van der Waals surface area contributed by atoms with Gasteiger partial charge in [0.2, 0.25) is 5.91 Å². The number of carbonyl (C=O) groups excluding carboxylic acids is 1. The van der Waals surface area contributed by atoms with Gasteiger partial charge in [-0.15, -0.1) is 0 Å². The van der Waals surface area contributed by atoms with E-state index in [1.807, 2.05) is 12.1 Å². The average molecular weight is 287 g/mol. The lowest BCUT2D eigenvalue weighted by atomic mass is 10.1. The molecule has 114 valence electrons. The van der Waals surface area contributed by atoms with Crippen molar-refractivity contribution in [2.75, 3.05) is 18.4 Å². The lowest BCUT2D eigenvalue weighted by molar-refractivity contribution is -0.119. The number of hydrogen-bond donors (Lipinski definition) is 2. The molecule has 2 aliphatic rings. The lowest BCUT2D eigenvalue weighted by Crippen LogP contribution is -2.23. The number of carbonyl (C=O) groups is 1. The Morgan fingerprint density at radius 2 is 1.90 bits per heavy atom. The number of rotatable bonds is 4. The zero-order chi connectivity index (χ0) is 14.7. The van der Waals surface area contributed by atoms with E-state index in [1.54, 1.807) is 0 Å². The van der Waals surface area contributed by atoms with Crippen molar-refractivity contribution in [1.29, 1.82) is 0 Å². The molecule has 1 aromatic carbocycles. The lowest BCUT2D eigenvalue weighted by Gasteiger charge is -2.15. The van der Waals surface area contributed by atoms with Crippen LogP contribution in [0.4, 0.5) is 5.69 Å². The van der Waals surface area contributed by atoms with E-state index in [9.17, 15) is 4.79 Å². The van der Waals surface area contributed by atoms with E-state index < -0.39 is 0 Å². The summed E-state index contributed by atoms with van der Waals surface area (Å²) in [5.74, 6) is 0.208. The highest BCUT2D eigenvalue weighted by molar-refractivity contribution is 5.92. The van der Waals surface area contributed by atoms with Crippen molar-refractivity contribution in [3.8, 4) is 0 Å². The van der Waals surface area contributed by atoms with Crippen molar-refractivity contribution in [2.24, 2.45) is 11.7 Å². The van der Waals surface area contributed by atoms with Crippen molar-refractivity contribution < 1.29 is 4.79 Å². The van der Waals surface area contributed by atoms with Crippen molar-refractivity contribution in [2.45, 2.75) is 44.7 Å². The normalized spacial score (nSPS) is 26.1. The molecule has 2 fully saturated rings. The van der Waals surface area contributed by atoms with E-state index in [0.717, 1.165) is 31.5 Å². The standard InChI is InChI=1S/C17H25N3O/c18-15-6-5-14(11-15)17(21)19-16-7-3-13(4-8-16)12-20-9-1-2-10-20/h3-4,7-8,14-15H,1-2,5-6,9-12,18H2,(H,19,21). The van der Waals surface area contributed by atoms with Crippen LogP contribution in [-0.2, 0) is 11.3 Å². The van der Waals surface area contributed by atoms with Gasteiger partial charge in [0, 0.05) is 24.2 Å². The third kappa shape index (κ3) is 3.83. The van der Waals surface area contributed by atoms with Gasteiger partial charge in [-0.2, -0.15) is 0 Å². The van der Waals surface area contributed by atoms with Crippen LogP contribution in [-0.4, -0.2) is 29.9 Å². The third-order valence-electron chi connectivity index (χ3n) is 4.67. The van der Waals surface area contributed by atoms with Gasteiger partial charge in [0.05, 0.1) is 0 Å². The highest BCUT2D eigenvalue weighted by Gasteiger charge is 2.27. The van der Waals surface area contributed by atoms with E-state index in [2.05, 4.69) is 22.3 Å². The van der Waals surface area contributed by atoms with Gasteiger partial charge in [-0.3, -0.25) is 9.69 Å². The van der Waals surface area contributed by atoms with Gasteiger partial charge >= 0.3 is 0 Å². The Hall–Kier alpha value is -1.39. The fourth-order valence-electron chi connectivity index (χ4n) is 3.39. The SMILES string of the molecule is NC1CCC(C(=O)Nc2ccc(CN3CCCC3)cc2)C1. The number of anilines is 1. The highest BCUT2D eigenvalue weighted by Crippen LogP contribution is 2.25. The summed E-state index contributed by atoms with van der Waals surface area (Å²) in [6.45, 7) is 3.44. The minimum absolute atomic E-state index is 0.0873. The van der Waals surface area contributed by atoms with Crippen molar-refractivity contribution >= 4 is 11.6 Å². The largest absolute Gasteiger partial charge is 0.328 e. The summed E-state index contributed by atoms with van der Waals surface area (Å²) in [5, 5.41) is 3.02. The fraction of sp³-hybridized carbons (Fsp3) is 0.588. The molecule has 0 radical (unpaired) electrons.